The Balaban J connectivity index is 0.00000210. The number of carbonyl (C=O) groups excluding carboxylic acids is 1. The molecule has 3 N–H and O–H groups in total. The molecule has 1 saturated heterocycles. The molecule has 2 fully saturated rings. The molecule has 7 heteroatoms. The van der Waals surface area contributed by atoms with Crippen molar-refractivity contribution in [1.82, 2.24) is 10.2 Å². The third-order valence-electron chi connectivity index (χ3n) is 6.29. The molecule has 1 saturated carbocycles. The summed E-state index contributed by atoms with van der Waals surface area (Å²) in [6, 6.07) is 8.81. The van der Waals surface area contributed by atoms with Gasteiger partial charge in [0.1, 0.15) is 0 Å². The highest BCUT2D eigenvalue weighted by Crippen LogP contribution is 2.38. The Bertz CT molecular complexity index is 618. The largest absolute Gasteiger partial charge is 0.379 e. The van der Waals surface area contributed by atoms with Gasteiger partial charge in [-0.2, -0.15) is 0 Å². The minimum Gasteiger partial charge on any atom is -0.379 e. The van der Waals surface area contributed by atoms with E-state index >= 15 is 0 Å². The molecule has 1 aliphatic carbocycles. The summed E-state index contributed by atoms with van der Waals surface area (Å²) in [7, 11) is 0. The fourth-order valence-electron chi connectivity index (χ4n) is 4.59. The number of benzene rings is 1. The van der Waals surface area contributed by atoms with E-state index in [-0.39, 0.29) is 42.2 Å². The third-order valence-corrected chi connectivity index (χ3v) is 6.29. The van der Waals surface area contributed by atoms with Crippen LogP contribution >= 0.6 is 24.8 Å². The minimum atomic E-state index is 0. The van der Waals surface area contributed by atoms with Gasteiger partial charge < -0.3 is 15.8 Å². The van der Waals surface area contributed by atoms with Crippen molar-refractivity contribution in [2.45, 2.75) is 51.5 Å². The Labute approximate surface area is 187 Å². The van der Waals surface area contributed by atoms with Gasteiger partial charge in [-0.3, -0.25) is 9.69 Å². The molecule has 1 aromatic rings. The van der Waals surface area contributed by atoms with Gasteiger partial charge in [-0.15, -0.1) is 24.8 Å². The lowest BCUT2D eigenvalue weighted by Crippen LogP contribution is -2.45. The Hall–Kier alpha value is -0.850. The van der Waals surface area contributed by atoms with Gasteiger partial charge in [-0.25, -0.2) is 0 Å². The van der Waals surface area contributed by atoms with Gasteiger partial charge in [0.05, 0.1) is 19.3 Å². The fourth-order valence-corrected chi connectivity index (χ4v) is 4.59. The van der Waals surface area contributed by atoms with Crippen LogP contribution in [0.15, 0.2) is 24.3 Å². The van der Waals surface area contributed by atoms with Crippen LogP contribution in [0.2, 0.25) is 0 Å². The van der Waals surface area contributed by atoms with E-state index in [1.54, 1.807) is 0 Å². The first-order valence-corrected chi connectivity index (χ1v) is 10.5. The van der Waals surface area contributed by atoms with Crippen LogP contribution in [0.25, 0.3) is 0 Å². The lowest BCUT2D eigenvalue weighted by atomic mass is 9.71. The zero-order chi connectivity index (χ0) is 19.1. The van der Waals surface area contributed by atoms with E-state index in [1.165, 1.54) is 30.4 Å². The van der Waals surface area contributed by atoms with E-state index in [0.29, 0.717) is 19.5 Å². The van der Waals surface area contributed by atoms with Gasteiger partial charge in [0.15, 0.2) is 0 Å². The number of amides is 1. The smallest absolute Gasteiger partial charge is 0.220 e. The number of nitrogens with zero attached hydrogens (tertiary/aromatic N) is 1. The highest BCUT2D eigenvalue weighted by Gasteiger charge is 2.33. The predicted molar refractivity (Wildman–Crippen MR) is 123 cm³/mol. The van der Waals surface area contributed by atoms with Crippen molar-refractivity contribution in [1.29, 1.82) is 0 Å². The third kappa shape index (κ3) is 7.41. The molecule has 0 spiro atoms. The van der Waals surface area contributed by atoms with Crippen molar-refractivity contribution in [2.75, 3.05) is 39.4 Å². The molecule has 1 atom stereocenters. The number of halogens is 2. The normalized spacial score (nSPS) is 20.1. The van der Waals surface area contributed by atoms with Crippen molar-refractivity contribution in [3.05, 3.63) is 35.4 Å². The number of hydrogen-bond donors (Lipinski definition) is 2. The highest BCUT2D eigenvalue weighted by molar-refractivity contribution is 5.85. The molecule has 1 unspecified atom stereocenters. The zero-order valence-electron chi connectivity index (χ0n) is 17.5. The molecule has 29 heavy (non-hydrogen) atoms. The van der Waals surface area contributed by atoms with Gasteiger partial charge in [-0.1, -0.05) is 49.1 Å². The molecule has 5 nitrogen and oxygen atoms in total. The van der Waals surface area contributed by atoms with E-state index in [1.807, 2.05) is 0 Å². The predicted octanol–water partition coefficient (Wildman–Crippen LogP) is 3.63. The summed E-state index contributed by atoms with van der Waals surface area (Å²) in [5.74, 6) is 0.147. The lowest BCUT2D eigenvalue weighted by Gasteiger charge is -2.37. The average Bonchev–Trinajstić information content (AvgIpc) is 2.70. The van der Waals surface area contributed by atoms with Crippen LogP contribution in [0, 0.1) is 12.3 Å². The van der Waals surface area contributed by atoms with E-state index < -0.39 is 0 Å². The minimum absolute atomic E-state index is 0. The fraction of sp³-hybridized carbons (Fsp3) is 0.682. The first-order valence-electron chi connectivity index (χ1n) is 10.5. The summed E-state index contributed by atoms with van der Waals surface area (Å²) in [6.45, 7) is 6.70. The quantitative estimate of drug-likeness (QED) is 0.671. The topological polar surface area (TPSA) is 67.6 Å². The van der Waals surface area contributed by atoms with Crippen LogP contribution in [0.1, 0.15) is 55.7 Å². The van der Waals surface area contributed by atoms with Crippen LogP contribution in [0.5, 0.6) is 0 Å². The number of carbonyl (C=O) groups is 1. The Morgan fingerprint density at radius 1 is 1.21 bits per heavy atom. The van der Waals surface area contributed by atoms with E-state index in [9.17, 15) is 4.79 Å². The van der Waals surface area contributed by atoms with Gasteiger partial charge in [0.2, 0.25) is 5.91 Å². The van der Waals surface area contributed by atoms with Crippen molar-refractivity contribution in [2.24, 2.45) is 11.1 Å². The number of morpholine rings is 1. The van der Waals surface area contributed by atoms with E-state index in [0.717, 1.165) is 39.1 Å². The number of ether oxygens (including phenoxy) is 1. The molecular formula is C22H37Cl2N3O2. The molecule has 2 aliphatic rings. The second-order valence-electron chi connectivity index (χ2n) is 8.32. The van der Waals surface area contributed by atoms with Crippen molar-refractivity contribution < 1.29 is 9.53 Å². The average molecular weight is 446 g/mol. The van der Waals surface area contributed by atoms with Crippen LogP contribution in [-0.4, -0.2) is 50.2 Å². The molecule has 1 aliphatic heterocycles. The molecule has 1 heterocycles. The van der Waals surface area contributed by atoms with Gasteiger partial charge >= 0.3 is 0 Å². The second-order valence-corrected chi connectivity index (χ2v) is 8.32. The first-order chi connectivity index (χ1) is 13.1. The molecule has 166 valence electrons. The second kappa shape index (κ2) is 12.8. The van der Waals surface area contributed by atoms with Crippen LogP contribution in [0.3, 0.4) is 0 Å². The Morgan fingerprint density at radius 3 is 2.52 bits per heavy atom. The lowest BCUT2D eigenvalue weighted by molar-refractivity contribution is -0.124. The molecule has 3 rings (SSSR count). The molecule has 0 aromatic heterocycles. The summed E-state index contributed by atoms with van der Waals surface area (Å²) in [5.41, 5.74) is 8.60. The summed E-state index contributed by atoms with van der Waals surface area (Å²) >= 11 is 0. The zero-order valence-corrected chi connectivity index (χ0v) is 19.2. The Morgan fingerprint density at radius 2 is 1.90 bits per heavy atom. The summed E-state index contributed by atoms with van der Waals surface area (Å²) < 4.78 is 5.52. The highest BCUT2D eigenvalue weighted by atomic mass is 35.5. The summed E-state index contributed by atoms with van der Waals surface area (Å²) in [4.78, 5) is 15.2. The van der Waals surface area contributed by atoms with Crippen LogP contribution in [-0.2, 0) is 9.53 Å². The van der Waals surface area contributed by atoms with E-state index in [2.05, 4.69) is 41.4 Å². The van der Waals surface area contributed by atoms with Crippen molar-refractivity contribution >= 4 is 30.7 Å². The molecule has 1 aromatic carbocycles. The van der Waals surface area contributed by atoms with Crippen molar-refractivity contribution in [3.8, 4) is 0 Å². The molecule has 0 bridgehead atoms. The number of aryl methyl sites for hydroxylation is 1. The molecule has 0 radical (unpaired) electrons. The van der Waals surface area contributed by atoms with Crippen molar-refractivity contribution in [3.63, 3.8) is 0 Å². The van der Waals surface area contributed by atoms with Crippen LogP contribution < -0.4 is 11.1 Å². The van der Waals surface area contributed by atoms with E-state index in [4.69, 9.17) is 10.5 Å². The first kappa shape index (κ1) is 26.2. The summed E-state index contributed by atoms with van der Waals surface area (Å²) in [6.07, 6.45) is 6.40. The molecule has 1 amide bonds. The number of hydrogen-bond acceptors (Lipinski definition) is 4. The standard InChI is InChI=1S/C22H35N3O2.2ClH/c1-18-6-5-7-19(14-18)20(25-10-12-27-13-11-25)16-24-21(26)15-22(17-23)8-3-2-4-9-22;;/h5-7,14,20H,2-4,8-13,15-17,23H2,1H3,(H,24,26);2*1H. The maximum Gasteiger partial charge on any atom is 0.220 e. The maximum absolute atomic E-state index is 12.8. The maximum atomic E-state index is 12.8. The number of nitrogens with one attached hydrogen (secondary N) is 1. The molecular weight excluding hydrogens is 409 g/mol. The SMILES string of the molecule is Cc1cccc(C(CNC(=O)CC2(CN)CCCCC2)N2CCOCC2)c1.Cl.Cl. The number of nitrogens with two attached hydrogens (primary N) is 1. The van der Waals surface area contributed by atoms with Gasteiger partial charge in [0, 0.05) is 26.1 Å². The number of rotatable bonds is 7. The van der Waals surface area contributed by atoms with Gasteiger partial charge in [-0.05, 0) is 37.3 Å². The monoisotopic (exact) mass is 445 g/mol. The van der Waals surface area contributed by atoms with Gasteiger partial charge in [0.25, 0.3) is 0 Å². The Kier molecular flexibility index (Phi) is 11.5. The van der Waals surface area contributed by atoms with Crippen LogP contribution in [0.4, 0.5) is 0 Å². The summed E-state index contributed by atoms with van der Waals surface area (Å²) in [5, 5.41) is 3.23.